The Morgan fingerprint density at radius 1 is 1.10 bits per heavy atom. The quantitative estimate of drug-likeness (QED) is 0.449. The monoisotopic (exact) mass is 280 g/mol. The largest absolute Gasteiger partial charge is 0.455 e. The molecule has 0 fully saturated rings. The average molecular weight is 280 g/mol. The predicted molar refractivity (Wildman–Crippen MR) is 80.7 cm³/mol. The number of hydrogen-bond donors (Lipinski definition) is 1. The van der Waals surface area contributed by atoms with Gasteiger partial charge in [0.05, 0.1) is 10.9 Å². The molecule has 1 heterocycles. The van der Waals surface area contributed by atoms with Crippen molar-refractivity contribution >= 4 is 16.7 Å². The summed E-state index contributed by atoms with van der Waals surface area (Å²) in [6.45, 7) is 3.59. The molecule has 0 spiro atoms. The third kappa shape index (κ3) is 2.32. The van der Waals surface area contributed by atoms with Crippen molar-refractivity contribution in [1.82, 2.24) is 0 Å². The van der Waals surface area contributed by atoms with Crippen LogP contribution < -0.4 is 5.43 Å². The zero-order valence-electron chi connectivity index (χ0n) is 11.1. The first-order chi connectivity index (χ1) is 10.2. The summed E-state index contributed by atoms with van der Waals surface area (Å²) in [5.74, 6) is 0.472. The van der Waals surface area contributed by atoms with E-state index in [-0.39, 0.29) is 11.2 Å². The third-order valence-electron chi connectivity index (χ3n) is 3.22. The Labute approximate surface area is 120 Å². The van der Waals surface area contributed by atoms with Crippen molar-refractivity contribution in [3.05, 3.63) is 77.0 Å². The van der Waals surface area contributed by atoms with Crippen LogP contribution in [0.5, 0.6) is 0 Å². The molecule has 0 aliphatic rings. The average Bonchev–Trinajstić information content (AvgIpc) is 2.54. The number of para-hydroxylation sites is 1. The highest BCUT2D eigenvalue weighted by atomic mass is 17.1. The Hall–Kier alpha value is -2.85. The number of fused-ring (bicyclic) bond motifs is 1. The number of benzene rings is 2. The van der Waals surface area contributed by atoms with E-state index in [9.17, 15) is 4.79 Å². The maximum atomic E-state index is 12.2. The van der Waals surface area contributed by atoms with Crippen molar-refractivity contribution in [1.29, 1.82) is 0 Å². The highest BCUT2D eigenvalue weighted by molar-refractivity contribution is 5.88. The zero-order valence-corrected chi connectivity index (χ0v) is 11.1. The molecular formula is C17H12O4. The molecule has 0 unspecified atom stereocenters. The smallest absolute Gasteiger partial charge is 0.193 e. The van der Waals surface area contributed by atoms with Gasteiger partial charge in [0, 0.05) is 11.6 Å². The van der Waals surface area contributed by atoms with E-state index in [0.717, 1.165) is 5.56 Å². The van der Waals surface area contributed by atoms with Crippen molar-refractivity contribution in [2.75, 3.05) is 0 Å². The normalized spacial score (nSPS) is 10.5. The molecule has 0 saturated heterocycles. The van der Waals surface area contributed by atoms with Gasteiger partial charge >= 0.3 is 0 Å². The molecule has 4 heteroatoms. The fraction of sp³-hybridized carbons (Fsp3) is 0. The van der Waals surface area contributed by atoms with E-state index in [1.807, 2.05) is 30.3 Å². The molecule has 0 bridgehead atoms. The minimum atomic E-state index is -0.164. The minimum Gasteiger partial charge on any atom is -0.455 e. The van der Waals surface area contributed by atoms with E-state index in [1.54, 1.807) is 18.2 Å². The summed E-state index contributed by atoms with van der Waals surface area (Å²) in [7, 11) is 0. The maximum Gasteiger partial charge on any atom is 0.193 e. The molecule has 0 radical (unpaired) electrons. The van der Waals surface area contributed by atoms with Crippen LogP contribution in [0.4, 0.5) is 0 Å². The molecule has 3 rings (SSSR count). The summed E-state index contributed by atoms with van der Waals surface area (Å²) in [5, 5.41) is 9.19. The van der Waals surface area contributed by atoms with Gasteiger partial charge in [-0.3, -0.25) is 4.79 Å². The minimum absolute atomic E-state index is 0.0222. The number of rotatable bonds is 3. The van der Waals surface area contributed by atoms with Gasteiger partial charge in [-0.15, -0.1) is 0 Å². The molecule has 4 nitrogen and oxygen atoms in total. The Bertz CT molecular complexity index is 863. The van der Waals surface area contributed by atoms with Gasteiger partial charge in [0.1, 0.15) is 11.3 Å². The van der Waals surface area contributed by atoms with E-state index < -0.39 is 0 Å². The molecular weight excluding hydrogens is 268 g/mol. The Kier molecular flexibility index (Phi) is 3.30. The molecule has 0 saturated carbocycles. The van der Waals surface area contributed by atoms with E-state index in [4.69, 9.17) is 9.67 Å². The maximum absolute atomic E-state index is 12.2. The van der Waals surface area contributed by atoms with Gasteiger partial charge in [-0.2, -0.15) is 0 Å². The summed E-state index contributed by atoms with van der Waals surface area (Å²) < 4.78 is 5.83. The second kappa shape index (κ2) is 5.26. The van der Waals surface area contributed by atoms with Gasteiger partial charge in [-0.25, -0.2) is 5.26 Å². The second-order valence-electron chi connectivity index (χ2n) is 4.54. The highest BCUT2D eigenvalue weighted by Crippen LogP contribution is 2.27. The van der Waals surface area contributed by atoms with E-state index in [1.165, 1.54) is 6.07 Å². The molecule has 0 aliphatic heterocycles. The van der Waals surface area contributed by atoms with Gasteiger partial charge in [0.25, 0.3) is 0 Å². The first-order valence-electron chi connectivity index (χ1n) is 6.33. The van der Waals surface area contributed by atoms with Crippen molar-refractivity contribution in [3.8, 4) is 11.3 Å². The SMILES string of the molecule is C=C(OO)c1cccc2c(=O)cc(-c3ccccc3)oc12. The second-order valence-corrected chi connectivity index (χ2v) is 4.54. The van der Waals surface area contributed by atoms with Gasteiger partial charge < -0.3 is 9.30 Å². The first kappa shape index (κ1) is 13.1. The fourth-order valence-electron chi connectivity index (χ4n) is 2.19. The zero-order chi connectivity index (χ0) is 14.8. The summed E-state index contributed by atoms with van der Waals surface area (Å²) in [4.78, 5) is 16.4. The van der Waals surface area contributed by atoms with Crippen molar-refractivity contribution in [2.45, 2.75) is 0 Å². The van der Waals surface area contributed by atoms with Crippen LogP contribution in [0.1, 0.15) is 5.56 Å². The lowest BCUT2D eigenvalue weighted by molar-refractivity contribution is -0.169. The standard InChI is InChI=1S/C17H12O4/c1-11(21-19)13-8-5-9-14-15(18)10-16(20-17(13)14)12-6-3-2-4-7-12/h2-10,19H,1H2. The molecule has 2 aromatic carbocycles. The molecule has 104 valence electrons. The van der Waals surface area contributed by atoms with Crippen LogP contribution in [0.25, 0.3) is 28.1 Å². The van der Waals surface area contributed by atoms with Crippen LogP contribution in [-0.4, -0.2) is 5.26 Å². The van der Waals surface area contributed by atoms with Gasteiger partial charge in [-0.1, -0.05) is 43.0 Å². The summed E-state index contributed by atoms with van der Waals surface area (Å²) in [6, 6.07) is 15.8. The molecule has 0 atom stereocenters. The van der Waals surface area contributed by atoms with Gasteiger partial charge in [-0.05, 0) is 12.1 Å². The van der Waals surface area contributed by atoms with E-state index in [0.29, 0.717) is 22.3 Å². The van der Waals surface area contributed by atoms with Crippen LogP contribution in [0.15, 0.2) is 70.4 Å². The summed E-state index contributed by atoms with van der Waals surface area (Å²) >= 11 is 0. The predicted octanol–water partition coefficient (Wildman–Crippen LogP) is 3.92. The lowest BCUT2D eigenvalue weighted by Gasteiger charge is -2.07. The van der Waals surface area contributed by atoms with Crippen molar-refractivity contribution in [3.63, 3.8) is 0 Å². The first-order valence-corrected chi connectivity index (χ1v) is 6.33. The molecule has 1 aromatic heterocycles. The van der Waals surface area contributed by atoms with Gasteiger partial charge in [0.15, 0.2) is 11.2 Å². The lowest BCUT2D eigenvalue weighted by Crippen LogP contribution is -2.02. The molecule has 1 N–H and O–H groups in total. The lowest BCUT2D eigenvalue weighted by atomic mass is 10.1. The summed E-state index contributed by atoms with van der Waals surface area (Å²) in [6.07, 6.45) is 0. The topological polar surface area (TPSA) is 59.7 Å². The summed E-state index contributed by atoms with van der Waals surface area (Å²) in [5.41, 5.74) is 1.40. The Morgan fingerprint density at radius 2 is 1.86 bits per heavy atom. The van der Waals surface area contributed by atoms with Crippen LogP contribution in [0.3, 0.4) is 0 Å². The van der Waals surface area contributed by atoms with E-state index >= 15 is 0 Å². The van der Waals surface area contributed by atoms with Crippen molar-refractivity contribution in [2.24, 2.45) is 0 Å². The highest BCUT2D eigenvalue weighted by Gasteiger charge is 2.13. The fourth-order valence-corrected chi connectivity index (χ4v) is 2.19. The van der Waals surface area contributed by atoms with Gasteiger partial charge in [0.2, 0.25) is 0 Å². The van der Waals surface area contributed by atoms with Crippen LogP contribution in [0.2, 0.25) is 0 Å². The van der Waals surface area contributed by atoms with Crippen LogP contribution >= 0.6 is 0 Å². The third-order valence-corrected chi connectivity index (χ3v) is 3.22. The molecule has 0 aliphatic carbocycles. The Balaban J connectivity index is 2.32. The van der Waals surface area contributed by atoms with E-state index in [2.05, 4.69) is 11.5 Å². The molecule has 0 amide bonds. The Morgan fingerprint density at radius 3 is 2.57 bits per heavy atom. The molecule has 3 aromatic rings. The van der Waals surface area contributed by atoms with Crippen LogP contribution in [-0.2, 0) is 4.89 Å². The van der Waals surface area contributed by atoms with Crippen molar-refractivity contribution < 1.29 is 14.6 Å². The molecule has 21 heavy (non-hydrogen) atoms. The van der Waals surface area contributed by atoms with Crippen LogP contribution in [0, 0.1) is 0 Å². The number of hydrogen-bond acceptors (Lipinski definition) is 4.